The Kier molecular flexibility index (Phi) is 6.37. The zero-order valence-corrected chi connectivity index (χ0v) is 13.4. The number of amides is 3. The Morgan fingerprint density at radius 1 is 1.39 bits per heavy atom. The van der Waals surface area contributed by atoms with Crippen molar-refractivity contribution >= 4 is 11.9 Å². The molecule has 0 saturated carbocycles. The zero-order valence-electron chi connectivity index (χ0n) is 13.4. The molecule has 7 nitrogen and oxygen atoms in total. The van der Waals surface area contributed by atoms with Crippen molar-refractivity contribution in [3.63, 3.8) is 0 Å². The van der Waals surface area contributed by atoms with Crippen molar-refractivity contribution in [2.75, 3.05) is 39.8 Å². The third kappa shape index (κ3) is 5.88. The summed E-state index contributed by atoms with van der Waals surface area (Å²) in [5.41, 5.74) is 6.25. The summed E-state index contributed by atoms with van der Waals surface area (Å²) >= 11 is 0. The topological polar surface area (TPSA) is 87.9 Å². The van der Waals surface area contributed by atoms with Crippen LogP contribution in [0.4, 0.5) is 4.79 Å². The number of carbonyl (C=O) groups excluding carboxylic acids is 2. The molecular formula is C16H24N4O3. The van der Waals surface area contributed by atoms with E-state index >= 15 is 0 Å². The number of nitrogens with two attached hydrogens (primary N) is 1. The number of ether oxygens (including phenoxy) is 1. The van der Waals surface area contributed by atoms with E-state index in [1.165, 1.54) is 4.90 Å². The van der Waals surface area contributed by atoms with E-state index in [2.05, 4.69) is 10.2 Å². The molecule has 1 saturated heterocycles. The average molecular weight is 320 g/mol. The molecule has 1 heterocycles. The van der Waals surface area contributed by atoms with Crippen LogP contribution in [0.5, 0.6) is 0 Å². The van der Waals surface area contributed by atoms with E-state index in [0.717, 1.165) is 18.7 Å². The van der Waals surface area contributed by atoms with Gasteiger partial charge < -0.3 is 25.6 Å². The second-order valence-electron chi connectivity index (χ2n) is 5.75. The zero-order chi connectivity index (χ0) is 16.7. The van der Waals surface area contributed by atoms with Crippen LogP contribution >= 0.6 is 0 Å². The van der Waals surface area contributed by atoms with Gasteiger partial charge in [-0.15, -0.1) is 0 Å². The van der Waals surface area contributed by atoms with E-state index < -0.39 is 5.91 Å². The van der Waals surface area contributed by atoms with Gasteiger partial charge in [0, 0.05) is 19.6 Å². The summed E-state index contributed by atoms with van der Waals surface area (Å²) in [6.07, 6.45) is -0.115. The molecule has 0 aromatic heterocycles. The van der Waals surface area contributed by atoms with Crippen molar-refractivity contribution in [3.05, 3.63) is 35.9 Å². The first-order valence-electron chi connectivity index (χ1n) is 7.69. The predicted octanol–water partition coefficient (Wildman–Crippen LogP) is 0.0141. The number of nitrogens with zero attached hydrogens (tertiary/aromatic N) is 2. The number of rotatable bonds is 6. The number of nitrogens with one attached hydrogen (secondary N) is 1. The van der Waals surface area contributed by atoms with Gasteiger partial charge in [-0.25, -0.2) is 4.79 Å². The van der Waals surface area contributed by atoms with Crippen LogP contribution in [-0.2, 0) is 16.1 Å². The van der Waals surface area contributed by atoms with Crippen LogP contribution in [-0.4, -0.2) is 67.7 Å². The summed E-state index contributed by atoms with van der Waals surface area (Å²) in [5.74, 6) is -0.538. The van der Waals surface area contributed by atoms with E-state index in [0.29, 0.717) is 19.7 Å². The first kappa shape index (κ1) is 17.2. The second kappa shape index (κ2) is 8.50. The highest BCUT2D eigenvalue weighted by molar-refractivity contribution is 5.82. The fraction of sp³-hybridized carbons (Fsp3) is 0.500. The lowest BCUT2D eigenvalue weighted by Gasteiger charge is -2.33. The van der Waals surface area contributed by atoms with Crippen LogP contribution in [0.2, 0.25) is 0 Å². The lowest BCUT2D eigenvalue weighted by molar-refractivity contribution is -0.119. The lowest BCUT2D eigenvalue weighted by Crippen LogP contribution is -2.51. The van der Waals surface area contributed by atoms with E-state index in [4.69, 9.17) is 10.5 Å². The van der Waals surface area contributed by atoms with Crippen LogP contribution in [0.15, 0.2) is 30.3 Å². The smallest absolute Gasteiger partial charge is 0.318 e. The molecule has 1 aliphatic heterocycles. The lowest BCUT2D eigenvalue weighted by atomic mass is 10.2. The van der Waals surface area contributed by atoms with Crippen molar-refractivity contribution in [1.82, 2.24) is 15.1 Å². The molecule has 1 unspecified atom stereocenters. The SMILES string of the molecule is CN1CCOC(CN(CC(N)=O)C(=O)NCc2ccccc2)C1. The quantitative estimate of drug-likeness (QED) is 0.773. The van der Waals surface area contributed by atoms with Crippen molar-refractivity contribution in [2.24, 2.45) is 5.73 Å². The minimum absolute atomic E-state index is 0.115. The van der Waals surface area contributed by atoms with Gasteiger partial charge in [-0.05, 0) is 12.6 Å². The second-order valence-corrected chi connectivity index (χ2v) is 5.75. The Morgan fingerprint density at radius 3 is 2.78 bits per heavy atom. The van der Waals surface area contributed by atoms with Gasteiger partial charge in [-0.3, -0.25) is 4.79 Å². The number of urea groups is 1. The monoisotopic (exact) mass is 320 g/mol. The highest BCUT2D eigenvalue weighted by atomic mass is 16.5. The Morgan fingerprint density at radius 2 is 2.13 bits per heavy atom. The normalized spacial score (nSPS) is 18.4. The highest BCUT2D eigenvalue weighted by Crippen LogP contribution is 2.06. The summed E-state index contributed by atoms with van der Waals surface area (Å²) in [7, 11) is 2.00. The van der Waals surface area contributed by atoms with Crippen LogP contribution in [0.3, 0.4) is 0 Å². The molecule has 0 radical (unpaired) electrons. The molecule has 0 spiro atoms. The van der Waals surface area contributed by atoms with Gasteiger partial charge in [0.1, 0.15) is 6.54 Å². The van der Waals surface area contributed by atoms with Crippen molar-refractivity contribution in [2.45, 2.75) is 12.6 Å². The Labute approximate surface area is 136 Å². The summed E-state index contributed by atoms with van der Waals surface area (Å²) in [4.78, 5) is 27.1. The van der Waals surface area contributed by atoms with Crippen LogP contribution < -0.4 is 11.1 Å². The van der Waals surface area contributed by atoms with Gasteiger partial charge in [0.15, 0.2) is 0 Å². The first-order valence-corrected chi connectivity index (χ1v) is 7.69. The number of carbonyl (C=O) groups is 2. The Hall–Kier alpha value is -2.12. The maximum Gasteiger partial charge on any atom is 0.318 e. The van der Waals surface area contributed by atoms with Gasteiger partial charge >= 0.3 is 6.03 Å². The third-order valence-corrected chi connectivity index (χ3v) is 3.69. The molecule has 1 aromatic rings. The predicted molar refractivity (Wildman–Crippen MR) is 86.7 cm³/mol. The average Bonchev–Trinajstić information content (AvgIpc) is 2.52. The van der Waals surface area contributed by atoms with Crippen LogP contribution in [0, 0.1) is 0 Å². The number of hydrogen-bond donors (Lipinski definition) is 2. The number of hydrogen-bond acceptors (Lipinski definition) is 4. The molecule has 1 aliphatic rings. The largest absolute Gasteiger partial charge is 0.374 e. The molecule has 3 N–H and O–H groups in total. The molecule has 2 rings (SSSR count). The summed E-state index contributed by atoms with van der Waals surface area (Å²) in [6, 6.07) is 9.28. The number of morpholine rings is 1. The van der Waals surface area contributed by atoms with E-state index in [1.807, 2.05) is 37.4 Å². The number of primary amides is 1. The maximum atomic E-state index is 12.3. The van der Waals surface area contributed by atoms with Crippen LogP contribution in [0.1, 0.15) is 5.56 Å². The van der Waals surface area contributed by atoms with Gasteiger partial charge in [0.25, 0.3) is 0 Å². The molecule has 23 heavy (non-hydrogen) atoms. The summed E-state index contributed by atoms with van der Waals surface area (Å²) in [5, 5.41) is 2.82. The minimum Gasteiger partial charge on any atom is -0.374 e. The molecule has 1 fully saturated rings. The van der Waals surface area contributed by atoms with Gasteiger partial charge in [-0.1, -0.05) is 30.3 Å². The standard InChI is InChI=1S/C16H24N4O3/c1-19-7-8-23-14(10-19)11-20(12-15(17)21)16(22)18-9-13-5-3-2-4-6-13/h2-6,14H,7-12H2,1H3,(H2,17,21)(H,18,22). The summed E-state index contributed by atoms with van der Waals surface area (Å²) < 4.78 is 5.66. The fourth-order valence-corrected chi connectivity index (χ4v) is 2.52. The van der Waals surface area contributed by atoms with Crippen molar-refractivity contribution in [1.29, 1.82) is 0 Å². The fourth-order valence-electron chi connectivity index (χ4n) is 2.52. The Bertz CT molecular complexity index is 523. The molecule has 0 bridgehead atoms. The summed E-state index contributed by atoms with van der Waals surface area (Å²) in [6.45, 7) is 2.84. The molecule has 1 atom stereocenters. The van der Waals surface area contributed by atoms with Gasteiger partial charge in [-0.2, -0.15) is 0 Å². The third-order valence-electron chi connectivity index (χ3n) is 3.69. The van der Waals surface area contributed by atoms with E-state index in [1.54, 1.807) is 0 Å². The van der Waals surface area contributed by atoms with Crippen molar-refractivity contribution < 1.29 is 14.3 Å². The van der Waals surface area contributed by atoms with Gasteiger partial charge in [0.05, 0.1) is 19.3 Å². The molecule has 1 aromatic carbocycles. The molecule has 126 valence electrons. The molecule has 0 aliphatic carbocycles. The van der Waals surface area contributed by atoms with E-state index in [9.17, 15) is 9.59 Å². The molecule has 3 amide bonds. The maximum absolute atomic E-state index is 12.3. The Balaban J connectivity index is 1.90. The van der Waals surface area contributed by atoms with Gasteiger partial charge in [0.2, 0.25) is 5.91 Å². The van der Waals surface area contributed by atoms with Crippen molar-refractivity contribution in [3.8, 4) is 0 Å². The van der Waals surface area contributed by atoms with Crippen LogP contribution in [0.25, 0.3) is 0 Å². The number of likely N-dealkylation sites (N-methyl/N-ethyl adjacent to an activating group) is 1. The minimum atomic E-state index is -0.538. The molecular weight excluding hydrogens is 296 g/mol. The number of benzene rings is 1. The highest BCUT2D eigenvalue weighted by Gasteiger charge is 2.24. The first-order chi connectivity index (χ1) is 11.0. The molecule has 7 heteroatoms. The van der Waals surface area contributed by atoms with E-state index in [-0.39, 0.29) is 18.7 Å².